The van der Waals surface area contributed by atoms with E-state index in [0.717, 1.165) is 0 Å². The van der Waals surface area contributed by atoms with E-state index >= 15 is 0 Å². The van der Waals surface area contributed by atoms with E-state index in [0.29, 0.717) is 22.1 Å². The lowest BCUT2D eigenvalue weighted by Gasteiger charge is -2.15. The highest BCUT2D eigenvalue weighted by Crippen LogP contribution is 2.38. The zero-order chi connectivity index (χ0) is 12.3. The molecular formula is C11H13ClO4. The Balaban J connectivity index is 3.35. The summed E-state index contributed by atoms with van der Waals surface area (Å²) >= 11 is 5.88. The molecule has 0 aliphatic carbocycles. The summed E-state index contributed by atoms with van der Waals surface area (Å²) in [5.74, 6) is -0.815. The van der Waals surface area contributed by atoms with E-state index in [1.54, 1.807) is 19.1 Å². The number of carboxylic acids is 1. The van der Waals surface area contributed by atoms with E-state index in [4.69, 9.17) is 26.2 Å². The molecule has 0 bridgehead atoms. The maximum atomic E-state index is 10.9. The average molecular weight is 245 g/mol. The molecule has 0 spiro atoms. The van der Waals surface area contributed by atoms with Crippen LogP contribution in [0, 0.1) is 0 Å². The van der Waals surface area contributed by atoms with Gasteiger partial charge in [0.2, 0.25) is 0 Å². The molecule has 5 heteroatoms. The summed E-state index contributed by atoms with van der Waals surface area (Å²) in [7, 11) is 2.94. The number of halogens is 1. The number of ether oxygens (including phenoxy) is 2. The average Bonchev–Trinajstić information content (AvgIpc) is 2.26. The molecule has 0 heterocycles. The highest BCUT2D eigenvalue weighted by Gasteiger charge is 2.21. The molecule has 0 radical (unpaired) electrons. The molecule has 0 aliphatic rings. The van der Waals surface area contributed by atoms with Gasteiger partial charge in [0.25, 0.3) is 0 Å². The summed E-state index contributed by atoms with van der Waals surface area (Å²) in [6.07, 6.45) is 0. The fourth-order valence-electron chi connectivity index (χ4n) is 1.41. The first-order valence-electron chi connectivity index (χ1n) is 4.65. The van der Waals surface area contributed by atoms with Gasteiger partial charge in [0.1, 0.15) is 0 Å². The Labute approximate surface area is 98.7 Å². The van der Waals surface area contributed by atoms with Gasteiger partial charge in [0, 0.05) is 16.7 Å². The van der Waals surface area contributed by atoms with Crippen molar-refractivity contribution in [1.29, 1.82) is 0 Å². The third-order valence-corrected chi connectivity index (χ3v) is 2.53. The molecule has 0 saturated carbocycles. The minimum Gasteiger partial charge on any atom is -0.493 e. The number of carbonyl (C=O) groups is 1. The lowest BCUT2D eigenvalue weighted by Crippen LogP contribution is -2.09. The predicted molar refractivity (Wildman–Crippen MR) is 60.6 cm³/mol. The van der Waals surface area contributed by atoms with Crippen LogP contribution < -0.4 is 9.47 Å². The second kappa shape index (κ2) is 5.07. The normalized spacial score (nSPS) is 12.0. The Kier molecular flexibility index (Phi) is 4.01. The van der Waals surface area contributed by atoms with Gasteiger partial charge in [0.05, 0.1) is 20.1 Å². The van der Waals surface area contributed by atoms with Gasteiger partial charge in [-0.05, 0) is 13.0 Å². The van der Waals surface area contributed by atoms with Gasteiger partial charge in [0.15, 0.2) is 11.5 Å². The third-order valence-electron chi connectivity index (χ3n) is 2.31. The summed E-state index contributed by atoms with van der Waals surface area (Å²) in [6, 6.07) is 3.15. The molecule has 1 atom stereocenters. The molecule has 1 N–H and O–H groups in total. The number of benzene rings is 1. The molecule has 0 saturated heterocycles. The van der Waals surface area contributed by atoms with Gasteiger partial charge in [-0.25, -0.2) is 0 Å². The summed E-state index contributed by atoms with van der Waals surface area (Å²) < 4.78 is 10.2. The van der Waals surface area contributed by atoms with Crippen LogP contribution in [-0.4, -0.2) is 25.3 Å². The first-order valence-corrected chi connectivity index (χ1v) is 5.03. The molecule has 1 aromatic rings. The smallest absolute Gasteiger partial charge is 0.310 e. The van der Waals surface area contributed by atoms with Gasteiger partial charge in [-0.2, -0.15) is 0 Å². The van der Waals surface area contributed by atoms with Crippen molar-refractivity contribution in [2.45, 2.75) is 12.8 Å². The van der Waals surface area contributed by atoms with E-state index in [-0.39, 0.29) is 0 Å². The first-order chi connectivity index (χ1) is 7.51. The molecular weight excluding hydrogens is 232 g/mol. The molecule has 0 amide bonds. The lowest BCUT2D eigenvalue weighted by molar-refractivity contribution is -0.138. The summed E-state index contributed by atoms with van der Waals surface area (Å²) in [5, 5.41) is 9.39. The van der Waals surface area contributed by atoms with Crippen molar-refractivity contribution in [2.75, 3.05) is 14.2 Å². The van der Waals surface area contributed by atoms with Crippen LogP contribution in [0.3, 0.4) is 0 Å². The summed E-state index contributed by atoms with van der Waals surface area (Å²) in [6.45, 7) is 1.57. The fraction of sp³-hybridized carbons (Fsp3) is 0.364. The van der Waals surface area contributed by atoms with Crippen LogP contribution in [0.1, 0.15) is 18.4 Å². The van der Waals surface area contributed by atoms with Gasteiger partial charge in [-0.1, -0.05) is 11.6 Å². The van der Waals surface area contributed by atoms with E-state index < -0.39 is 11.9 Å². The van der Waals surface area contributed by atoms with Gasteiger partial charge in [-0.15, -0.1) is 0 Å². The van der Waals surface area contributed by atoms with Crippen molar-refractivity contribution in [3.8, 4) is 11.5 Å². The summed E-state index contributed by atoms with van der Waals surface area (Å²) in [4.78, 5) is 10.9. The number of hydrogen-bond donors (Lipinski definition) is 1. The third kappa shape index (κ3) is 2.39. The van der Waals surface area contributed by atoms with Crippen molar-refractivity contribution < 1.29 is 19.4 Å². The number of methoxy groups -OCH3 is 2. The van der Waals surface area contributed by atoms with Crippen molar-refractivity contribution >= 4 is 17.6 Å². The van der Waals surface area contributed by atoms with Crippen molar-refractivity contribution in [2.24, 2.45) is 0 Å². The van der Waals surface area contributed by atoms with Gasteiger partial charge >= 0.3 is 5.97 Å². The Morgan fingerprint density at radius 2 is 2.00 bits per heavy atom. The lowest BCUT2D eigenvalue weighted by atomic mass is 10.00. The zero-order valence-corrected chi connectivity index (χ0v) is 10.0. The number of carboxylic acid groups (broad SMARTS) is 1. The van der Waals surface area contributed by atoms with Crippen LogP contribution in [0.5, 0.6) is 11.5 Å². The molecule has 88 valence electrons. The Morgan fingerprint density at radius 3 is 2.44 bits per heavy atom. The van der Waals surface area contributed by atoms with E-state index in [1.807, 2.05) is 0 Å². The van der Waals surface area contributed by atoms with Gasteiger partial charge < -0.3 is 14.6 Å². The Bertz CT molecular complexity index is 403. The van der Waals surface area contributed by atoms with E-state index in [9.17, 15) is 4.79 Å². The molecule has 1 unspecified atom stereocenters. The largest absolute Gasteiger partial charge is 0.493 e. The minimum absolute atomic E-state index is 0.404. The number of aliphatic carboxylic acids is 1. The quantitative estimate of drug-likeness (QED) is 0.884. The van der Waals surface area contributed by atoms with Gasteiger partial charge in [-0.3, -0.25) is 4.79 Å². The molecule has 0 aromatic heterocycles. The van der Waals surface area contributed by atoms with Crippen molar-refractivity contribution in [1.82, 2.24) is 0 Å². The molecule has 0 aliphatic heterocycles. The SMILES string of the molecule is COc1cc(Cl)cc(C(C)C(=O)O)c1OC. The molecule has 1 aromatic carbocycles. The van der Waals surface area contributed by atoms with E-state index in [2.05, 4.69) is 0 Å². The van der Waals surface area contributed by atoms with Crippen LogP contribution >= 0.6 is 11.6 Å². The van der Waals surface area contributed by atoms with Crippen LogP contribution in [-0.2, 0) is 4.79 Å². The monoisotopic (exact) mass is 244 g/mol. The van der Waals surface area contributed by atoms with Crippen LogP contribution in [0.2, 0.25) is 5.02 Å². The molecule has 0 fully saturated rings. The first kappa shape index (κ1) is 12.6. The molecule has 4 nitrogen and oxygen atoms in total. The number of hydrogen-bond acceptors (Lipinski definition) is 3. The number of rotatable bonds is 4. The maximum absolute atomic E-state index is 10.9. The zero-order valence-electron chi connectivity index (χ0n) is 9.28. The maximum Gasteiger partial charge on any atom is 0.310 e. The topological polar surface area (TPSA) is 55.8 Å². The Hall–Kier alpha value is -1.42. The fourth-order valence-corrected chi connectivity index (χ4v) is 1.63. The Morgan fingerprint density at radius 1 is 1.38 bits per heavy atom. The standard InChI is InChI=1S/C11H13ClO4/c1-6(11(13)14)8-4-7(12)5-9(15-2)10(8)16-3/h4-6H,1-3H3,(H,13,14). The summed E-state index contributed by atoms with van der Waals surface area (Å²) in [5.41, 5.74) is 0.499. The van der Waals surface area contributed by atoms with E-state index in [1.165, 1.54) is 14.2 Å². The van der Waals surface area contributed by atoms with Crippen LogP contribution in [0.25, 0.3) is 0 Å². The van der Waals surface area contributed by atoms with Crippen molar-refractivity contribution in [3.63, 3.8) is 0 Å². The second-order valence-corrected chi connectivity index (χ2v) is 3.73. The highest BCUT2D eigenvalue weighted by molar-refractivity contribution is 6.30. The van der Waals surface area contributed by atoms with Crippen LogP contribution in [0.15, 0.2) is 12.1 Å². The van der Waals surface area contributed by atoms with Crippen LogP contribution in [0.4, 0.5) is 0 Å². The molecule has 16 heavy (non-hydrogen) atoms. The second-order valence-electron chi connectivity index (χ2n) is 3.29. The predicted octanol–water partition coefficient (Wildman–Crippen LogP) is 2.55. The minimum atomic E-state index is -0.942. The highest BCUT2D eigenvalue weighted by atomic mass is 35.5. The van der Waals surface area contributed by atoms with Crippen molar-refractivity contribution in [3.05, 3.63) is 22.7 Å². The molecule has 1 rings (SSSR count).